The van der Waals surface area contributed by atoms with Crippen molar-refractivity contribution in [1.82, 2.24) is 15.2 Å². The summed E-state index contributed by atoms with van der Waals surface area (Å²) in [5.74, 6) is 0. The highest BCUT2D eigenvalue weighted by Crippen LogP contribution is 2.20. The fraction of sp³-hybridized carbons (Fsp3) is 0.700. The Morgan fingerprint density at radius 2 is 2.20 bits per heavy atom. The van der Waals surface area contributed by atoms with Gasteiger partial charge in [-0.25, -0.2) is 4.98 Å². The summed E-state index contributed by atoms with van der Waals surface area (Å²) in [6.07, 6.45) is 1.08. The molecule has 15 heavy (non-hydrogen) atoms. The van der Waals surface area contributed by atoms with Crippen molar-refractivity contribution in [1.29, 1.82) is 0 Å². The number of nitrogens with one attached hydrogen (secondary N) is 1. The van der Waals surface area contributed by atoms with Crippen molar-refractivity contribution in [3.8, 4) is 0 Å². The third-order valence-electron chi connectivity index (χ3n) is 2.77. The molecule has 1 fully saturated rings. The van der Waals surface area contributed by atoms with Gasteiger partial charge < -0.3 is 16.0 Å². The molecule has 0 amide bonds. The number of aryl methyl sites for hydroxylation is 1. The number of nitrogens with two attached hydrogens (primary N) is 1. The Labute approximate surface area is 94.5 Å². The van der Waals surface area contributed by atoms with Crippen molar-refractivity contribution in [2.45, 2.75) is 13.3 Å². The first-order valence-electron chi connectivity index (χ1n) is 5.40. The molecule has 0 aromatic carbocycles. The molecule has 1 saturated heterocycles. The minimum atomic E-state index is 0.697. The number of nitrogens with zero attached hydrogens (tertiary/aromatic N) is 2. The van der Waals surface area contributed by atoms with Crippen molar-refractivity contribution >= 4 is 16.5 Å². The van der Waals surface area contributed by atoms with Gasteiger partial charge in [0.2, 0.25) is 0 Å². The summed E-state index contributed by atoms with van der Waals surface area (Å²) in [5.41, 5.74) is 6.78. The van der Waals surface area contributed by atoms with Gasteiger partial charge in [-0.3, -0.25) is 0 Å². The zero-order valence-corrected chi connectivity index (χ0v) is 9.94. The van der Waals surface area contributed by atoms with E-state index in [0.717, 1.165) is 44.8 Å². The second kappa shape index (κ2) is 4.92. The van der Waals surface area contributed by atoms with Crippen LogP contribution in [-0.4, -0.2) is 42.6 Å². The quantitative estimate of drug-likeness (QED) is 0.787. The van der Waals surface area contributed by atoms with Crippen molar-refractivity contribution in [2.24, 2.45) is 0 Å². The molecule has 0 spiro atoms. The van der Waals surface area contributed by atoms with Gasteiger partial charge in [-0.2, -0.15) is 0 Å². The Morgan fingerprint density at radius 3 is 2.80 bits per heavy atom. The molecule has 3 N–H and O–H groups in total. The van der Waals surface area contributed by atoms with E-state index in [1.165, 1.54) is 4.88 Å². The lowest BCUT2D eigenvalue weighted by Gasteiger charge is -2.26. The highest BCUT2D eigenvalue weighted by atomic mass is 32.1. The molecule has 0 saturated carbocycles. The molecule has 0 unspecified atom stereocenters. The number of hydrogen-bond donors (Lipinski definition) is 2. The summed E-state index contributed by atoms with van der Waals surface area (Å²) in [6.45, 7) is 7.72. The van der Waals surface area contributed by atoms with Gasteiger partial charge in [-0.05, 0) is 13.3 Å². The molecular formula is C10H18N4S. The molecular weight excluding hydrogens is 208 g/mol. The van der Waals surface area contributed by atoms with Gasteiger partial charge >= 0.3 is 0 Å². The molecule has 2 rings (SSSR count). The molecule has 0 radical (unpaired) electrons. The monoisotopic (exact) mass is 226 g/mol. The van der Waals surface area contributed by atoms with Crippen LogP contribution in [0.1, 0.15) is 10.6 Å². The molecule has 0 aliphatic carbocycles. The van der Waals surface area contributed by atoms with Crippen LogP contribution in [0, 0.1) is 6.92 Å². The number of aromatic nitrogens is 1. The van der Waals surface area contributed by atoms with Crippen LogP contribution in [0.5, 0.6) is 0 Å². The van der Waals surface area contributed by atoms with Crippen molar-refractivity contribution in [3.63, 3.8) is 0 Å². The van der Waals surface area contributed by atoms with Gasteiger partial charge in [0.05, 0.1) is 5.69 Å². The smallest absolute Gasteiger partial charge is 0.180 e. The van der Waals surface area contributed by atoms with Crippen LogP contribution in [0.15, 0.2) is 0 Å². The SMILES string of the molecule is Cc1nc(N)sc1CCN1CCNCC1. The first-order valence-corrected chi connectivity index (χ1v) is 6.22. The summed E-state index contributed by atoms with van der Waals surface area (Å²) >= 11 is 1.63. The Bertz CT molecular complexity index is 317. The summed E-state index contributed by atoms with van der Waals surface area (Å²) in [7, 11) is 0. The molecule has 1 aromatic heterocycles. The number of piperazine rings is 1. The molecule has 0 atom stereocenters. The van der Waals surface area contributed by atoms with E-state index in [9.17, 15) is 0 Å². The van der Waals surface area contributed by atoms with Gasteiger partial charge in [0.1, 0.15) is 0 Å². The van der Waals surface area contributed by atoms with E-state index >= 15 is 0 Å². The van der Waals surface area contributed by atoms with Gasteiger partial charge in [0.15, 0.2) is 5.13 Å². The van der Waals surface area contributed by atoms with E-state index in [2.05, 4.69) is 15.2 Å². The number of anilines is 1. The van der Waals surface area contributed by atoms with Crippen molar-refractivity contribution in [2.75, 3.05) is 38.5 Å². The molecule has 84 valence electrons. The van der Waals surface area contributed by atoms with Crippen LogP contribution >= 0.6 is 11.3 Å². The van der Waals surface area contributed by atoms with E-state index in [1.54, 1.807) is 11.3 Å². The first kappa shape index (κ1) is 10.9. The van der Waals surface area contributed by atoms with Crippen LogP contribution in [0.25, 0.3) is 0 Å². The maximum absolute atomic E-state index is 5.67. The Balaban J connectivity index is 1.84. The average Bonchev–Trinajstić information content (AvgIpc) is 2.56. The van der Waals surface area contributed by atoms with Gasteiger partial charge in [-0.1, -0.05) is 0 Å². The fourth-order valence-electron chi connectivity index (χ4n) is 1.88. The zero-order valence-electron chi connectivity index (χ0n) is 9.12. The van der Waals surface area contributed by atoms with Crippen LogP contribution in [0.2, 0.25) is 0 Å². The Hall–Kier alpha value is -0.650. The third kappa shape index (κ3) is 2.90. The van der Waals surface area contributed by atoms with Crippen LogP contribution in [0.3, 0.4) is 0 Å². The van der Waals surface area contributed by atoms with E-state index < -0.39 is 0 Å². The van der Waals surface area contributed by atoms with E-state index in [4.69, 9.17) is 5.73 Å². The Kier molecular flexibility index (Phi) is 3.56. The fourth-order valence-corrected chi connectivity index (χ4v) is 2.70. The lowest BCUT2D eigenvalue weighted by molar-refractivity contribution is 0.244. The highest BCUT2D eigenvalue weighted by molar-refractivity contribution is 7.15. The number of hydrogen-bond acceptors (Lipinski definition) is 5. The molecule has 5 heteroatoms. The minimum Gasteiger partial charge on any atom is -0.375 e. The number of nitrogen functional groups attached to an aromatic ring is 1. The second-order valence-corrected chi connectivity index (χ2v) is 5.02. The van der Waals surface area contributed by atoms with Gasteiger partial charge in [0.25, 0.3) is 0 Å². The molecule has 0 bridgehead atoms. The van der Waals surface area contributed by atoms with Crippen molar-refractivity contribution < 1.29 is 0 Å². The van der Waals surface area contributed by atoms with Gasteiger partial charge in [-0.15, -0.1) is 11.3 Å². The van der Waals surface area contributed by atoms with E-state index in [0.29, 0.717) is 5.13 Å². The predicted molar refractivity (Wildman–Crippen MR) is 64.3 cm³/mol. The third-order valence-corrected chi connectivity index (χ3v) is 3.82. The maximum atomic E-state index is 5.67. The van der Waals surface area contributed by atoms with Crippen LogP contribution in [0.4, 0.5) is 5.13 Å². The molecule has 1 aliphatic rings. The lowest BCUT2D eigenvalue weighted by atomic mass is 10.2. The van der Waals surface area contributed by atoms with Crippen LogP contribution in [-0.2, 0) is 6.42 Å². The molecule has 4 nitrogen and oxygen atoms in total. The van der Waals surface area contributed by atoms with Crippen LogP contribution < -0.4 is 11.1 Å². The Morgan fingerprint density at radius 1 is 1.47 bits per heavy atom. The lowest BCUT2D eigenvalue weighted by Crippen LogP contribution is -2.44. The van der Waals surface area contributed by atoms with E-state index in [-0.39, 0.29) is 0 Å². The molecule has 1 aromatic rings. The zero-order chi connectivity index (χ0) is 10.7. The normalized spacial score (nSPS) is 18.2. The number of rotatable bonds is 3. The minimum absolute atomic E-state index is 0.697. The maximum Gasteiger partial charge on any atom is 0.180 e. The highest BCUT2D eigenvalue weighted by Gasteiger charge is 2.11. The van der Waals surface area contributed by atoms with E-state index in [1.807, 2.05) is 6.92 Å². The summed E-state index contributed by atoms with van der Waals surface area (Å²) in [5, 5.41) is 4.05. The van der Waals surface area contributed by atoms with Crippen molar-refractivity contribution in [3.05, 3.63) is 10.6 Å². The second-order valence-electron chi connectivity index (χ2n) is 3.90. The van der Waals surface area contributed by atoms with Gasteiger partial charge in [0, 0.05) is 37.6 Å². The molecule has 2 heterocycles. The topological polar surface area (TPSA) is 54.2 Å². The molecule has 1 aliphatic heterocycles. The summed E-state index contributed by atoms with van der Waals surface area (Å²) < 4.78 is 0. The summed E-state index contributed by atoms with van der Waals surface area (Å²) in [4.78, 5) is 8.07. The predicted octanol–water partition coefficient (Wildman–Crippen LogP) is 0.481. The summed E-state index contributed by atoms with van der Waals surface area (Å²) in [6, 6.07) is 0. The first-order chi connectivity index (χ1) is 7.25. The standard InChI is InChI=1S/C10H18N4S/c1-8-9(15-10(11)13-8)2-5-14-6-3-12-4-7-14/h12H,2-7H2,1H3,(H2,11,13). The average molecular weight is 226 g/mol. The largest absolute Gasteiger partial charge is 0.375 e. The number of thiazole rings is 1.